The molecule has 2 rings (SSSR count). The first-order valence-corrected chi connectivity index (χ1v) is 12.2. The number of carbonyl (C=O) groups is 3. The topological polar surface area (TPSA) is 116 Å². The number of carbonyl (C=O) groups excluding carboxylic acids is 3. The van der Waals surface area contributed by atoms with Crippen LogP contribution in [0.2, 0.25) is 0 Å². The molecule has 2 N–H and O–H groups in total. The van der Waals surface area contributed by atoms with Gasteiger partial charge in [0.2, 0.25) is 15.9 Å². The van der Waals surface area contributed by atoms with Gasteiger partial charge in [-0.2, -0.15) is 0 Å². The van der Waals surface area contributed by atoms with Crippen LogP contribution in [0.5, 0.6) is 0 Å². The maximum absolute atomic E-state index is 12.7. The lowest BCUT2D eigenvalue weighted by Gasteiger charge is -2.22. The molecule has 0 saturated heterocycles. The van der Waals surface area contributed by atoms with Gasteiger partial charge < -0.3 is 15.5 Å². The number of hydrogen-bond acceptors (Lipinski definition) is 5. The highest BCUT2D eigenvalue weighted by molar-refractivity contribution is 7.92. The Hall–Kier alpha value is -3.40. The van der Waals surface area contributed by atoms with E-state index < -0.39 is 22.5 Å². The average Bonchev–Trinajstić information content (AvgIpc) is 2.75. The van der Waals surface area contributed by atoms with Crippen LogP contribution in [-0.2, 0) is 14.8 Å². The summed E-state index contributed by atoms with van der Waals surface area (Å²) in [4.78, 5) is 38.7. The maximum atomic E-state index is 12.7. The zero-order valence-corrected chi connectivity index (χ0v) is 20.3. The summed E-state index contributed by atoms with van der Waals surface area (Å²) < 4.78 is 25.7. The molecule has 0 atom stereocenters. The Kier molecular flexibility index (Phi) is 8.58. The number of rotatable bonds is 9. The molecular formula is C23H30N4O5S. The second-order valence-corrected chi connectivity index (χ2v) is 10.1. The van der Waals surface area contributed by atoms with Gasteiger partial charge >= 0.3 is 0 Å². The molecule has 2 aromatic rings. The summed E-state index contributed by atoms with van der Waals surface area (Å²) in [6, 6.07) is 12.5. The maximum Gasteiger partial charge on any atom is 0.253 e. The summed E-state index contributed by atoms with van der Waals surface area (Å²) in [5, 5.41) is 5.43. The first-order chi connectivity index (χ1) is 15.4. The Bertz CT molecular complexity index is 1110. The first kappa shape index (κ1) is 25.9. The molecule has 0 heterocycles. The van der Waals surface area contributed by atoms with E-state index in [2.05, 4.69) is 10.6 Å². The second kappa shape index (κ2) is 11.0. The van der Waals surface area contributed by atoms with Crippen LogP contribution in [0.4, 0.5) is 11.4 Å². The summed E-state index contributed by atoms with van der Waals surface area (Å²) in [6.07, 6.45) is 0.993. The predicted molar refractivity (Wildman–Crippen MR) is 129 cm³/mol. The van der Waals surface area contributed by atoms with Gasteiger partial charge in [-0.3, -0.25) is 18.7 Å². The molecule has 0 aliphatic rings. The number of anilines is 2. The van der Waals surface area contributed by atoms with E-state index in [-0.39, 0.29) is 34.7 Å². The minimum Gasteiger partial charge on any atom is -0.352 e. The SMILES string of the molecule is CC(C)CNC(=O)c1ccccc1NC(=O)CN(c1ccc(C(=O)N(C)C)cc1)S(C)(=O)=O. The molecule has 0 aliphatic carbocycles. The summed E-state index contributed by atoms with van der Waals surface area (Å²) in [6.45, 7) is 3.92. The number of nitrogens with zero attached hydrogens (tertiary/aromatic N) is 2. The average molecular weight is 475 g/mol. The lowest BCUT2D eigenvalue weighted by molar-refractivity contribution is -0.114. The van der Waals surface area contributed by atoms with E-state index in [0.29, 0.717) is 12.1 Å². The molecule has 0 fully saturated rings. The molecule has 0 radical (unpaired) electrons. The zero-order chi connectivity index (χ0) is 24.8. The van der Waals surface area contributed by atoms with Crippen LogP contribution in [0.3, 0.4) is 0 Å². The van der Waals surface area contributed by atoms with Crippen molar-refractivity contribution in [3.05, 3.63) is 59.7 Å². The van der Waals surface area contributed by atoms with Crippen LogP contribution in [0.25, 0.3) is 0 Å². The van der Waals surface area contributed by atoms with Crippen LogP contribution >= 0.6 is 0 Å². The van der Waals surface area contributed by atoms with Crippen molar-refractivity contribution in [2.45, 2.75) is 13.8 Å². The van der Waals surface area contributed by atoms with Gasteiger partial charge in [0.1, 0.15) is 6.54 Å². The normalized spacial score (nSPS) is 11.1. The molecule has 0 bridgehead atoms. The van der Waals surface area contributed by atoms with E-state index in [1.54, 1.807) is 38.4 Å². The quantitative estimate of drug-likeness (QED) is 0.578. The fourth-order valence-electron chi connectivity index (χ4n) is 2.93. The molecule has 0 aliphatic heterocycles. The summed E-state index contributed by atoms with van der Waals surface area (Å²) in [5.74, 6) is -0.908. The first-order valence-electron chi connectivity index (χ1n) is 10.4. The molecule has 0 aromatic heterocycles. The van der Waals surface area contributed by atoms with Crippen LogP contribution in [0.15, 0.2) is 48.5 Å². The predicted octanol–water partition coefficient (Wildman–Crippen LogP) is 2.18. The molecule has 10 heteroatoms. The highest BCUT2D eigenvalue weighted by Crippen LogP contribution is 2.20. The van der Waals surface area contributed by atoms with Crippen molar-refractivity contribution in [1.82, 2.24) is 10.2 Å². The van der Waals surface area contributed by atoms with Gasteiger partial charge in [0.05, 0.1) is 23.2 Å². The number of nitrogens with one attached hydrogen (secondary N) is 2. The molecule has 33 heavy (non-hydrogen) atoms. The van der Waals surface area contributed by atoms with Crippen LogP contribution < -0.4 is 14.9 Å². The number of para-hydroxylation sites is 1. The molecule has 2 aromatic carbocycles. The van der Waals surface area contributed by atoms with E-state index in [1.165, 1.54) is 29.2 Å². The summed E-state index contributed by atoms with van der Waals surface area (Å²) >= 11 is 0. The third kappa shape index (κ3) is 7.31. The van der Waals surface area contributed by atoms with Gasteiger partial charge in [0.25, 0.3) is 11.8 Å². The third-order valence-electron chi connectivity index (χ3n) is 4.61. The molecule has 3 amide bonds. The summed E-state index contributed by atoms with van der Waals surface area (Å²) in [5.41, 5.74) is 1.20. The zero-order valence-electron chi connectivity index (χ0n) is 19.5. The molecule has 0 spiro atoms. The van der Waals surface area contributed by atoms with Crippen molar-refractivity contribution in [1.29, 1.82) is 0 Å². The lowest BCUT2D eigenvalue weighted by Crippen LogP contribution is -2.38. The Morgan fingerprint density at radius 2 is 1.58 bits per heavy atom. The van der Waals surface area contributed by atoms with E-state index in [9.17, 15) is 22.8 Å². The van der Waals surface area contributed by atoms with Crippen molar-refractivity contribution in [2.24, 2.45) is 5.92 Å². The molecular weight excluding hydrogens is 444 g/mol. The van der Waals surface area contributed by atoms with Gasteiger partial charge in [0.15, 0.2) is 0 Å². The Labute approximate surface area is 194 Å². The molecule has 0 unspecified atom stereocenters. The van der Waals surface area contributed by atoms with Gasteiger partial charge in [-0.1, -0.05) is 26.0 Å². The molecule has 0 saturated carbocycles. The number of hydrogen-bond donors (Lipinski definition) is 2. The van der Waals surface area contributed by atoms with Crippen molar-refractivity contribution in [3.8, 4) is 0 Å². The monoisotopic (exact) mass is 474 g/mol. The second-order valence-electron chi connectivity index (χ2n) is 8.21. The van der Waals surface area contributed by atoms with Gasteiger partial charge in [-0.15, -0.1) is 0 Å². The number of amides is 3. The standard InChI is InChI=1S/C23H30N4O5S/c1-16(2)14-24-22(29)19-8-6-7-9-20(19)25-21(28)15-27(33(5,31)32)18-12-10-17(11-13-18)23(30)26(3)4/h6-13,16H,14-15H2,1-5H3,(H,24,29)(H,25,28). The molecule has 178 valence electrons. The largest absolute Gasteiger partial charge is 0.352 e. The Balaban J connectivity index is 2.21. The van der Waals surface area contributed by atoms with Gasteiger partial charge in [-0.05, 0) is 42.3 Å². The minimum absolute atomic E-state index is 0.224. The Morgan fingerprint density at radius 1 is 0.970 bits per heavy atom. The van der Waals surface area contributed by atoms with Crippen LogP contribution in [-0.4, -0.2) is 64.5 Å². The fraction of sp³-hybridized carbons (Fsp3) is 0.348. The highest BCUT2D eigenvalue weighted by Gasteiger charge is 2.22. The lowest BCUT2D eigenvalue weighted by atomic mass is 10.1. The highest BCUT2D eigenvalue weighted by atomic mass is 32.2. The van der Waals surface area contributed by atoms with E-state index in [4.69, 9.17) is 0 Å². The Morgan fingerprint density at radius 3 is 2.12 bits per heavy atom. The summed E-state index contributed by atoms with van der Waals surface area (Å²) in [7, 11) is -0.571. The van der Waals surface area contributed by atoms with Crippen molar-refractivity contribution >= 4 is 39.1 Å². The van der Waals surface area contributed by atoms with Gasteiger partial charge in [0, 0.05) is 26.2 Å². The van der Waals surface area contributed by atoms with Crippen LogP contribution in [0, 0.1) is 5.92 Å². The van der Waals surface area contributed by atoms with Crippen molar-refractivity contribution < 1.29 is 22.8 Å². The van der Waals surface area contributed by atoms with Crippen molar-refractivity contribution in [3.63, 3.8) is 0 Å². The minimum atomic E-state index is -3.80. The van der Waals surface area contributed by atoms with Crippen molar-refractivity contribution in [2.75, 3.05) is 43.1 Å². The van der Waals surface area contributed by atoms with E-state index >= 15 is 0 Å². The third-order valence-corrected chi connectivity index (χ3v) is 5.75. The number of sulfonamides is 1. The van der Waals surface area contributed by atoms with E-state index in [1.807, 2.05) is 13.8 Å². The van der Waals surface area contributed by atoms with E-state index in [0.717, 1.165) is 10.6 Å². The number of benzene rings is 2. The fourth-order valence-corrected chi connectivity index (χ4v) is 3.79. The van der Waals surface area contributed by atoms with Crippen LogP contribution in [0.1, 0.15) is 34.6 Å². The van der Waals surface area contributed by atoms with Gasteiger partial charge in [-0.25, -0.2) is 8.42 Å². The smallest absolute Gasteiger partial charge is 0.253 e. The molecule has 9 nitrogen and oxygen atoms in total.